The van der Waals surface area contributed by atoms with Crippen molar-refractivity contribution in [3.05, 3.63) is 47.9 Å². The molecule has 0 atom stereocenters. The van der Waals surface area contributed by atoms with Crippen molar-refractivity contribution in [1.29, 1.82) is 0 Å². The number of hydrogen-bond donors (Lipinski definition) is 1. The number of benzene rings is 1. The van der Waals surface area contributed by atoms with Crippen LogP contribution in [0.2, 0.25) is 0 Å². The quantitative estimate of drug-likeness (QED) is 0.899. The van der Waals surface area contributed by atoms with Gasteiger partial charge in [-0.3, -0.25) is 4.72 Å². The molecule has 25 heavy (non-hydrogen) atoms. The van der Waals surface area contributed by atoms with Crippen molar-refractivity contribution in [2.45, 2.75) is 37.5 Å². The lowest BCUT2D eigenvalue weighted by Gasteiger charge is -2.21. The number of nitrogens with zero attached hydrogens (tertiary/aromatic N) is 2. The second-order valence-electron chi connectivity index (χ2n) is 6.32. The minimum Gasteiger partial charge on any atom is -0.357 e. The summed E-state index contributed by atoms with van der Waals surface area (Å²) in [6, 6.07) is 7.16. The molecule has 2 aromatic rings. The van der Waals surface area contributed by atoms with E-state index in [4.69, 9.17) is 0 Å². The number of anilines is 2. The maximum absolute atomic E-state index is 13.2. The molecular formula is C18H22FN3O2S. The highest BCUT2D eigenvalue weighted by atomic mass is 32.2. The summed E-state index contributed by atoms with van der Waals surface area (Å²) < 4.78 is 40.7. The Labute approximate surface area is 147 Å². The zero-order chi connectivity index (χ0) is 17.9. The third-order valence-corrected chi connectivity index (χ3v) is 5.90. The van der Waals surface area contributed by atoms with Gasteiger partial charge in [0.1, 0.15) is 11.6 Å². The molecule has 1 saturated heterocycles. The Morgan fingerprint density at radius 1 is 1.08 bits per heavy atom. The fraction of sp³-hybridized carbons (Fsp3) is 0.389. The second-order valence-corrected chi connectivity index (χ2v) is 7.97. The summed E-state index contributed by atoms with van der Waals surface area (Å²) in [6.07, 6.45) is 6.31. The van der Waals surface area contributed by atoms with Crippen molar-refractivity contribution in [2.24, 2.45) is 0 Å². The van der Waals surface area contributed by atoms with Gasteiger partial charge in [0, 0.05) is 13.1 Å². The second kappa shape index (κ2) is 7.39. The van der Waals surface area contributed by atoms with E-state index in [2.05, 4.69) is 14.6 Å². The van der Waals surface area contributed by atoms with E-state index >= 15 is 0 Å². The van der Waals surface area contributed by atoms with Crippen LogP contribution in [0.4, 0.5) is 15.9 Å². The van der Waals surface area contributed by atoms with Gasteiger partial charge in [0.15, 0.2) is 0 Å². The van der Waals surface area contributed by atoms with Gasteiger partial charge in [-0.15, -0.1) is 0 Å². The summed E-state index contributed by atoms with van der Waals surface area (Å²) in [7, 11) is -3.77. The number of halogens is 1. The van der Waals surface area contributed by atoms with Gasteiger partial charge < -0.3 is 4.90 Å². The lowest BCUT2D eigenvalue weighted by molar-refractivity contribution is 0.598. The smallest absolute Gasteiger partial charge is 0.262 e. The minimum atomic E-state index is -3.77. The zero-order valence-electron chi connectivity index (χ0n) is 14.2. The van der Waals surface area contributed by atoms with Gasteiger partial charge in [0.2, 0.25) is 0 Å². The Morgan fingerprint density at radius 2 is 1.80 bits per heavy atom. The third kappa shape index (κ3) is 4.28. The normalized spacial score (nSPS) is 15.7. The number of sulfonamides is 1. The largest absolute Gasteiger partial charge is 0.357 e. The topological polar surface area (TPSA) is 62.3 Å². The van der Waals surface area contributed by atoms with Crippen LogP contribution in [-0.4, -0.2) is 26.5 Å². The Hall–Kier alpha value is -2.15. The first-order chi connectivity index (χ1) is 12.0. The molecule has 1 fully saturated rings. The van der Waals surface area contributed by atoms with Crippen LogP contribution in [0.3, 0.4) is 0 Å². The number of rotatable bonds is 4. The first kappa shape index (κ1) is 17.7. The summed E-state index contributed by atoms with van der Waals surface area (Å²) in [5.41, 5.74) is 0.754. The molecule has 134 valence electrons. The van der Waals surface area contributed by atoms with Crippen molar-refractivity contribution in [1.82, 2.24) is 4.98 Å². The molecule has 7 heteroatoms. The lowest BCUT2D eigenvalue weighted by Crippen LogP contribution is -2.24. The molecule has 5 nitrogen and oxygen atoms in total. The maximum Gasteiger partial charge on any atom is 0.262 e. The molecule has 0 aliphatic carbocycles. The van der Waals surface area contributed by atoms with Crippen LogP contribution in [0.5, 0.6) is 0 Å². The van der Waals surface area contributed by atoms with Crippen molar-refractivity contribution in [3.8, 4) is 0 Å². The number of nitrogens with one attached hydrogen (secondary N) is 1. The summed E-state index contributed by atoms with van der Waals surface area (Å²) in [5, 5.41) is 0. The van der Waals surface area contributed by atoms with Gasteiger partial charge >= 0.3 is 0 Å². The molecule has 1 aliphatic heterocycles. The summed E-state index contributed by atoms with van der Waals surface area (Å²) in [6.45, 7) is 3.53. The first-order valence-electron chi connectivity index (χ1n) is 8.46. The Morgan fingerprint density at radius 3 is 2.40 bits per heavy atom. The van der Waals surface area contributed by atoms with E-state index < -0.39 is 15.8 Å². The van der Waals surface area contributed by atoms with E-state index in [1.807, 2.05) is 6.07 Å². The lowest BCUT2D eigenvalue weighted by atomic mass is 10.2. The predicted molar refractivity (Wildman–Crippen MR) is 96.9 cm³/mol. The van der Waals surface area contributed by atoms with Crippen molar-refractivity contribution in [2.75, 3.05) is 22.7 Å². The van der Waals surface area contributed by atoms with Crippen LogP contribution in [0, 0.1) is 12.7 Å². The maximum atomic E-state index is 13.2. The highest BCUT2D eigenvalue weighted by Gasteiger charge is 2.18. The SMILES string of the molecule is Cc1cc(F)ccc1S(=O)(=O)Nc1ccc(N2CCCCCC2)nc1. The first-order valence-corrected chi connectivity index (χ1v) is 9.94. The Bertz CT molecular complexity index is 830. The monoisotopic (exact) mass is 363 g/mol. The average molecular weight is 363 g/mol. The molecule has 1 aliphatic rings. The predicted octanol–water partition coefficient (Wildman–Crippen LogP) is 3.71. The number of pyridine rings is 1. The molecular weight excluding hydrogens is 341 g/mol. The molecule has 1 N–H and O–H groups in total. The van der Waals surface area contributed by atoms with Crippen molar-refractivity contribution < 1.29 is 12.8 Å². The fourth-order valence-corrected chi connectivity index (χ4v) is 4.33. The van der Waals surface area contributed by atoms with Crippen LogP contribution in [0.25, 0.3) is 0 Å². The van der Waals surface area contributed by atoms with Crippen molar-refractivity contribution in [3.63, 3.8) is 0 Å². The number of aryl methyl sites for hydroxylation is 1. The van der Waals surface area contributed by atoms with Crippen LogP contribution < -0.4 is 9.62 Å². The number of aromatic nitrogens is 1. The van der Waals surface area contributed by atoms with E-state index in [0.717, 1.165) is 37.8 Å². The molecule has 2 heterocycles. The highest BCUT2D eigenvalue weighted by Crippen LogP contribution is 2.22. The molecule has 0 saturated carbocycles. The highest BCUT2D eigenvalue weighted by molar-refractivity contribution is 7.92. The van der Waals surface area contributed by atoms with E-state index in [1.165, 1.54) is 31.2 Å². The Kier molecular flexibility index (Phi) is 5.22. The van der Waals surface area contributed by atoms with E-state index in [0.29, 0.717) is 11.3 Å². The zero-order valence-corrected chi connectivity index (χ0v) is 15.0. The molecule has 1 aromatic heterocycles. The van der Waals surface area contributed by atoms with Gasteiger partial charge in [-0.2, -0.15) is 0 Å². The minimum absolute atomic E-state index is 0.0606. The standard InChI is InChI=1S/C18H22FN3O2S/c1-14-12-15(19)6-8-17(14)25(23,24)21-16-7-9-18(20-13-16)22-10-4-2-3-5-11-22/h6-9,12-13,21H,2-5,10-11H2,1H3. The summed E-state index contributed by atoms with van der Waals surface area (Å²) >= 11 is 0. The molecule has 0 unspecified atom stereocenters. The van der Waals surface area contributed by atoms with E-state index in [1.54, 1.807) is 13.0 Å². The average Bonchev–Trinajstić information content (AvgIpc) is 2.84. The summed E-state index contributed by atoms with van der Waals surface area (Å²) in [5.74, 6) is 0.405. The molecule has 0 bridgehead atoms. The fourth-order valence-electron chi connectivity index (χ4n) is 3.06. The number of hydrogen-bond acceptors (Lipinski definition) is 4. The molecule has 0 spiro atoms. The van der Waals surface area contributed by atoms with Crippen LogP contribution in [0.15, 0.2) is 41.4 Å². The van der Waals surface area contributed by atoms with E-state index in [9.17, 15) is 12.8 Å². The Balaban J connectivity index is 1.76. The molecule has 0 amide bonds. The van der Waals surface area contributed by atoms with Gasteiger partial charge in [-0.1, -0.05) is 12.8 Å². The molecule has 0 radical (unpaired) electrons. The van der Waals surface area contributed by atoms with Gasteiger partial charge in [-0.05, 0) is 55.7 Å². The van der Waals surface area contributed by atoms with Crippen LogP contribution in [-0.2, 0) is 10.0 Å². The third-order valence-electron chi connectivity index (χ3n) is 4.36. The van der Waals surface area contributed by atoms with Gasteiger partial charge in [0.25, 0.3) is 10.0 Å². The van der Waals surface area contributed by atoms with E-state index in [-0.39, 0.29) is 4.90 Å². The molecule has 1 aromatic carbocycles. The van der Waals surface area contributed by atoms with Crippen LogP contribution >= 0.6 is 0 Å². The van der Waals surface area contributed by atoms with Gasteiger partial charge in [0.05, 0.1) is 16.8 Å². The molecule has 3 rings (SSSR count). The van der Waals surface area contributed by atoms with Crippen LogP contribution in [0.1, 0.15) is 31.2 Å². The van der Waals surface area contributed by atoms with Crippen molar-refractivity contribution >= 4 is 21.5 Å². The summed E-state index contributed by atoms with van der Waals surface area (Å²) in [4.78, 5) is 6.69. The van der Waals surface area contributed by atoms with Gasteiger partial charge in [-0.25, -0.2) is 17.8 Å².